The molecule has 5 heteroatoms. The molecule has 0 aliphatic rings. The summed E-state index contributed by atoms with van der Waals surface area (Å²) in [7, 11) is 4.52. The first kappa shape index (κ1) is 15.1. The number of halogens is 1. The predicted molar refractivity (Wildman–Crippen MR) is 78.5 cm³/mol. The summed E-state index contributed by atoms with van der Waals surface area (Å²) < 4.78 is 29.3. The molecule has 0 saturated carbocycles. The summed E-state index contributed by atoms with van der Waals surface area (Å²) in [6, 6.07) is 9.54. The Labute approximate surface area is 123 Å². The summed E-state index contributed by atoms with van der Waals surface area (Å²) in [6.45, 7) is 0. The first-order valence-electron chi connectivity index (χ1n) is 6.42. The van der Waals surface area contributed by atoms with Crippen molar-refractivity contribution in [3.8, 4) is 17.2 Å². The molecule has 0 heterocycles. The Morgan fingerprint density at radius 2 is 1.67 bits per heavy atom. The van der Waals surface area contributed by atoms with Crippen molar-refractivity contribution >= 4 is 0 Å². The van der Waals surface area contributed by atoms with E-state index in [9.17, 15) is 4.39 Å². The van der Waals surface area contributed by atoms with E-state index < -0.39 is 11.9 Å². The van der Waals surface area contributed by atoms with Crippen molar-refractivity contribution in [3.05, 3.63) is 53.3 Å². The molecule has 0 bridgehead atoms. The van der Waals surface area contributed by atoms with Gasteiger partial charge in [0.15, 0.2) is 23.1 Å². The highest BCUT2D eigenvalue weighted by Crippen LogP contribution is 2.36. The Bertz CT molecular complexity index is 631. The van der Waals surface area contributed by atoms with Gasteiger partial charge in [0.1, 0.15) is 0 Å². The van der Waals surface area contributed by atoms with E-state index in [1.807, 2.05) is 12.1 Å². The van der Waals surface area contributed by atoms with Gasteiger partial charge in [-0.25, -0.2) is 4.39 Å². The van der Waals surface area contributed by atoms with Crippen LogP contribution in [0.2, 0.25) is 0 Å². The van der Waals surface area contributed by atoms with E-state index in [1.165, 1.54) is 13.2 Å². The standard InChI is InChI=1S/C16H18FNO3/c1-19-13-8-7-10(9-12(13)17)15(18)11-5-4-6-14(20-2)16(11)21-3/h4-9,15H,18H2,1-3H3. The first-order chi connectivity index (χ1) is 10.1. The number of hydrogen-bond donors (Lipinski definition) is 1. The quantitative estimate of drug-likeness (QED) is 0.920. The van der Waals surface area contributed by atoms with Crippen molar-refractivity contribution in [1.82, 2.24) is 0 Å². The fourth-order valence-electron chi connectivity index (χ4n) is 2.21. The lowest BCUT2D eigenvalue weighted by Gasteiger charge is -2.18. The van der Waals surface area contributed by atoms with Crippen LogP contribution in [0.1, 0.15) is 17.2 Å². The first-order valence-corrected chi connectivity index (χ1v) is 6.42. The van der Waals surface area contributed by atoms with Gasteiger partial charge in [-0.05, 0) is 23.8 Å². The zero-order valence-electron chi connectivity index (χ0n) is 12.2. The van der Waals surface area contributed by atoms with E-state index in [0.29, 0.717) is 17.1 Å². The van der Waals surface area contributed by atoms with Gasteiger partial charge >= 0.3 is 0 Å². The average molecular weight is 291 g/mol. The number of benzene rings is 2. The van der Waals surface area contributed by atoms with Gasteiger partial charge in [-0.1, -0.05) is 18.2 Å². The van der Waals surface area contributed by atoms with Crippen molar-refractivity contribution < 1.29 is 18.6 Å². The monoisotopic (exact) mass is 291 g/mol. The molecule has 0 aromatic heterocycles. The molecule has 0 aliphatic heterocycles. The summed E-state index contributed by atoms with van der Waals surface area (Å²) in [5.74, 6) is 0.860. The largest absolute Gasteiger partial charge is 0.494 e. The van der Waals surface area contributed by atoms with Crippen LogP contribution in [0.4, 0.5) is 4.39 Å². The second-order valence-corrected chi connectivity index (χ2v) is 4.45. The summed E-state index contributed by atoms with van der Waals surface area (Å²) in [5.41, 5.74) is 7.58. The SMILES string of the molecule is COc1ccc(C(N)c2cccc(OC)c2OC)cc1F. The van der Waals surface area contributed by atoms with Crippen LogP contribution in [0.25, 0.3) is 0 Å². The minimum Gasteiger partial charge on any atom is -0.494 e. The molecule has 2 N–H and O–H groups in total. The van der Waals surface area contributed by atoms with Crippen molar-refractivity contribution in [3.63, 3.8) is 0 Å². The molecular formula is C16H18FNO3. The third kappa shape index (κ3) is 2.92. The van der Waals surface area contributed by atoms with Crippen molar-refractivity contribution in [2.45, 2.75) is 6.04 Å². The van der Waals surface area contributed by atoms with E-state index in [0.717, 1.165) is 5.56 Å². The van der Waals surface area contributed by atoms with Crippen LogP contribution in [0.3, 0.4) is 0 Å². The molecule has 0 fully saturated rings. The molecule has 0 amide bonds. The molecular weight excluding hydrogens is 273 g/mol. The Morgan fingerprint density at radius 3 is 2.24 bits per heavy atom. The highest BCUT2D eigenvalue weighted by molar-refractivity contribution is 5.50. The molecule has 0 aliphatic carbocycles. The van der Waals surface area contributed by atoms with Gasteiger partial charge in [0.25, 0.3) is 0 Å². The molecule has 2 aromatic rings. The lowest BCUT2D eigenvalue weighted by molar-refractivity contribution is 0.350. The van der Waals surface area contributed by atoms with Gasteiger partial charge in [0.05, 0.1) is 27.4 Å². The number of para-hydroxylation sites is 1. The summed E-state index contributed by atoms with van der Waals surface area (Å²) in [4.78, 5) is 0. The van der Waals surface area contributed by atoms with Gasteiger partial charge in [0.2, 0.25) is 0 Å². The molecule has 0 radical (unpaired) electrons. The smallest absolute Gasteiger partial charge is 0.165 e. The summed E-state index contributed by atoms with van der Waals surface area (Å²) in [5, 5.41) is 0. The predicted octanol–water partition coefficient (Wildman–Crippen LogP) is 2.90. The van der Waals surface area contributed by atoms with Crippen LogP contribution in [-0.4, -0.2) is 21.3 Å². The maximum absolute atomic E-state index is 13.8. The topological polar surface area (TPSA) is 53.7 Å². The summed E-state index contributed by atoms with van der Waals surface area (Å²) >= 11 is 0. The fourth-order valence-corrected chi connectivity index (χ4v) is 2.21. The third-order valence-electron chi connectivity index (χ3n) is 3.30. The normalized spacial score (nSPS) is 11.9. The van der Waals surface area contributed by atoms with Crippen LogP contribution in [0.15, 0.2) is 36.4 Å². The minimum atomic E-state index is -0.532. The van der Waals surface area contributed by atoms with Gasteiger partial charge in [-0.2, -0.15) is 0 Å². The molecule has 4 nitrogen and oxygen atoms in total. The third-order valence-corrected chi connectivity index (χ3v) is 3.30. The number of nitrogens with two attached hydrogens (primary N) is 1. The second-order valence-electron chi connectivity index (χ2n) is 4.45. The van der Waals surface area contributed by atoms with Crippen LogP contribution in [0.5, 0.6) is 17.2 Å². The van der Waals surface area contributed by atoms with Gasteiger partial charge in [-0.3, -0.25) is 0 Å². The average Bonchev–Trinajstić information content (AvgIpc) is 2.53. The van der Waals surface area contributed by atoms with Crippen LogP contribution in [0, 0.1) is 5.82 Å². The molecule has 1 atom stereocenters. The Morgan fingerprint density at radius 1 is 0.952 bits per heavy atom. The lowest BCUT2D eigenvalue weighted by Crippen LogP contribution is -2.14. The lowest BCUT2D eigenvalue weighted by atomic mass is 9.98. The number of rotatable bonds is 5. The van der Waals surface area contributed by atoms with E-state index in [1.54, 1.807) is 32.4 Å². The van der Waals surface area contributed by atoms with E-state index in [4.69, 9.17) is 19.9 Å². The zero-order chi connectivity index (χ0) is 15.4. The molecule has 1 unspecified atom stereocenters. The maximum atomic E-state index is 13.8. The summed E-state index contributed by atoms with van der Waals surface area (Å²) in [6.07, 6.45) is 0. The fraction of sp³-hybridized carbons (Fsp3) is 0.250. The number of methoxy groups -OCH3 is 3. The maximum Gasteiger partial charge on any atom is 0.165 e. The zero-order valence-corrected chi connectivity index (χ0v) is 12.2. The van der Waals surface area contributed by atoms with Crippen molar-refractivity contribution in [2.24, 2.45) is 5.73 Å². The molecule has 21 heavy (non-hydrogen) atoms. The van der Waals surface area contributed by atoms with E-state index in [-0.39, 0.29) is 5.75 Å². The van der Waals surface area contributed by atoms with Crippen molar-refractivity contribution in [1.29, 1.82) is 0 Å². The van der Waals surface area contributed by atoms with Gasteiger partial charge in [-0.15, -0.1) is 0 Å². The number of hydrogen-bond acceptors (Lipinski definition) is 4. The van der Waals surface area contributed by atoms with E-state index in [2.05, 4.69) is 0 Å². The molecule has 2 rings (SSSR count). The van der Waals surface area contributed by atoms with Crippen LogP contribution < -0.4 is 19.9 Å². The molecule has 0 saturated heterocycles. The highest BCUT2D eigenvalue weighted by Gasteiger charge is 2.18. The van der Waals surface area contributed by atoms with Gasteiger partial charge < -0.3 is 19.9 Å². The van der Waals surface area contributed by atoms with Gasteiger partial charge in [0, 0.05) is 5.56 Å². The van der Waals surface area contributed by atoms with Crippen LogP contribution in [-0.2, 0) is 0 Å². The molecule has 112 valence electrons. The molecule has 0 spiro atoms. The minimum absolute atomic E-state index is 0.184. The van der Waals surface area contributed by atoms with Crippen LogP contribution >= 0.6 is 0 Å². The highest BCUT2D eigenvalue weighted by atomic mass is 19.1. The Kier molecular flexibility index (Phi) is 4.65. The molecule has 2 aromatic carbocycles. The van der Waals surface area contributed by atoms with Crippen molar-refractivity contribution in [2.75, 3.05) is 21.3 Å². The number of ether oxygens (including phenoxy) is 3. The Balaban J connectivity index is 2.44. The second kappa shape index (κ2) is 6.45. The Hall–Kier alpha value is -2.27. The van der Waals surface area contributed by atoms with E-state index >= 15 is 0 Å².